The van der Waals surface area contributed by atoms with Crippen LogP contribution in [0.1, 0.15) is 24.6 Å². The van der Waals surface area contributed by atoms with E-state index in [0.29, 0.717) is 29.5 Å². The molecular weight excluding hydrogens is 392 g/mol. The third-order valence-electron chi connectivity index (χ3n) is 5.27. The van der Waals surface area contributed by atoms with Crippen LogP contribution >= 0.6 is 11.6 Å². The SMILES string of the molecule is C=CC(=O)NCC(CC)CN1C(=O)COc2cc(-c3n[nH]c(C)c3C)c(Cl)cc21. The van der Waals surface area contributed by atoms with Crippen molar-refractivity contribution < 1.29 is 14.3 Å². The van der Waals surface area contributed by atoms with E-state index in [1.807, 2.05) is 26.8 Å². The number of halogens is 1. The molecule has 1 aromatic carbocycles. The Kier molecular flexibility index (Phi) is 6.27. The zero-order valence-electron chi connectivity index (χ0n) is 16.8. The van der Waals surface area contributed by atoms with Gasteiger partial charge in [-0.2, -0.15) is 5.10 Å². The van der Waals surface area contributed by atoms with Gasteiger partial charge in [-0.1, -0.05) is 25.1 Å². The first kappa shape index (κ1) is 20.9. The number of aryl methyl sites for hydroxylation is 1. The van der Waals surface area contributed by atoms with Gasteiger partial charge in [0.2, 0.25) is 5.91 Å². The summed E-state index contributed by atoms with van der Waals surface area (Å²) in [6.07, 6.45) is 2.04. The van der Waals surface area contributed by atoms with Gasteiger partial charge in [-0.25, -0.2) is 0 Å². The number of carbonyl (C=O) groups is 2. The number of aromatic amines is 1. The van der Waals surface area contributed by atoms with Gasteiger partial charge in [-0.15, -0.1) is 0 Å². The first-order valence-electron chi connectivity index (χ1n) is 9.54. The largest absolute Gasteiger partial charge is 0.482 e. The smallest absolute Gasteiger partial charge is 0.265 e. The summed E-state index contributed by atoms with van der Waals surface area (Å²) in [6, 6.07) is 3.59. The van der Waals surface area contributed by atoms with E-state index >= 15 is 0 Å². The fourth-order valence-electron chi connectivity index (χ4n) is 3.26. The Bertz CT molecular complexity index is 954. The number of amides is 2. The lowest BCUT2D eigenvalue weighted by atomic mass is 10.0. The summed E-state index contributed by atoms with van der Waals surface area (Å²) in [4.78, 5) is 25.7. The van der Waals surface area contributed by atoms with Crippen LogP contribution in [-0.4, -0.2) is 41.7 Å². The Morgan fingerprint density at radius 2 is 2.24 bits per heavy atom. The minimum absolute atomic E-state index is 0.0396. The molecule has 2 amide bonds. The van der Waals surface area contributed by atoms with Gasteiger partial charge >= 0.3 is 0 Å². The number of H-pyrrole nitrogens is 1. The summed E-state index contributed by atoms with van der Waals surface area (Å²) < 4.78 is 5.69. The maximum absolute atomic E-state index is 12.6. The number of fused-ring (bicyclic) bond motifs is 1. The highest BCUT2D eigenvalue weighted by atomic mass is 35.5. The van der Waals surface area contributed by atoms with E-state index in [1.165, 1.54) is 6.08 Å². The summed E-state index contributed by atoms with van der Waals surface area (Å²) in [5.41, 5.74) is 4.14. The van der Waals surface area contributed by atoms with Crippen molar-refractivity contribution in [3.63, 3.8) is 0 Å². The first-order chi connectivity index (χ1) is 13.8. The third kappa shape index (κ3) is 4.29. The van der Waals surface area contributed by atoms with E-state index in [9.17, 15) is 9.59 Å². The van der Waals surface area contributed by atoms with Gasteiger partial charge in [0, 0.05) is 24.3 Å². The zero-order valence-corrected chi connectivity index (χ0v) is 17.6. The molecule has 2 aromatic rings. The van der Waals surface area contributed by atoms with Gasteiger partial charge in [0.25, 0.3) is 5.91 Å². The van der Waals surface area contributed by atoms with Crippen LogP contribution < -0.4 is 15.0 Å². The molecule has 0 radical (unpaired) electrons. The second-order valence-electron chi connectivity index (χ2n) is 7.14. The first-order valence-corrected chi connectivity index (χ1v) is 9.92. The number of rotatable bonds is 7. The van der Waals surface area contributed by atoms with Crippen LogP contribution in [0.3, 0.4) is 0 Å². The molecule has 0 aliphatic carbocycles. The van der Waals surface area contributed by atoms with E-state index in [2.05, 4.69) is 22.1 Å². The van der Waals surface area contributed by atoms with Crippen LogP contribution in [0.15, 0.2) is 24.8 Å². The fourth-order valence-corrected chi connectivity index (χ4v) is 3.51. The van der Waals surface area contributed by atoms with Crippen LogP contribution in [0.25, 0.3) is 11.3 Å². The number of anilines is 1. The molecule has 0 saturated heterocycles. The lowest BCUT2D eigenvalue weighted by Crippen LogP contribution is -2.44. The van der Waals surface area contributed by atoms with Crippen LogP contribution in [0.4, 0.5) is 5.69 Å². The van der Waals surface area contributed by atoms with E-state index < -0.39 is 0 Å². The van der Waals surface area contributed by atoms with E-state index in [1.54, 1.807) is 11.0 Å². The van der Waals surface area contributed by atoms with Crippen molar-refractivity contribution in [2.24, 2.45) is 5.92 Å². The molecule has 1 aromatic heterocycles. The highest BCUT2D eigenvalue weighted by molar-refractivity contribution is 6.34. The summed E-state index contributed by atoms with van der Waals surface area (Å²) in [5.74, 6) is 0.314. The van der Waals surface area contributed by atoms with Crippen LogP contribution in [0.2, 0.25) is 5.02 Å². The number of hydrogen-bond acceptors (Lipinski definition) is 4. The molecule has 8 heteroatoms. The predicted molar refractivity (Wildman–Crippen MR) is 113 cm³/mol. The van der Waals surface area contributed by atoms with Gasteiger partial charge < -0.3 is 15.0 Å². The highest BCUT2D eigenvalue weighted by Gasteiger charge is 2.29. The van der Waals surface area contributed by atoms with Gasteiger partial charge in [-0.05, 0) is 50.0 Å². The molecule has 2 heterocycles. The molecule has 7 nitrogen and oxygen atoms in total. The lowest BCUT2D eigenvalue weighted by molar-refractivity contribution is -0.121. The van der Waals surface area contributed by atoms with Crippen molar-refractivity contribution in [1.29, 1.82) is 0 Å². The average molecular weight is 417 g/mol. The molecule has 0 bridgehead atoms. The van der Waals surface area contributed by atoms with Gasteiger partial charge in [0.1, 0.15) is 5.75 Å². The number of nitrogens with one attached hydrogen (secondary N) is 2. The molecule has 0 fully saturated rings. The van der Waals surface area contributed by atoms with Crippen LogP contribution in [0.5, 0.6) is 5.75 Å². The quantitative estimate of drug-likeness (QED) is 0.677. The van der Waals surface area contributed by atoms with Crippen LogP contribution in [0, 0.1) is 19.8 Å². The van der Waals surface area contributed by atoms with E-state index in [4.69, 9.17) is 16.3 Å². The normalized spacial score (nSPS) is 14.2. The molecule has 1 atom stereocenters. The molecule has 3 rings (SSSR count). The minimum Gasteiger partial charge on any atom is -0.482 e. The Hall–Kier alpha value is -2.80. The van der Waals surface area contributed by atoms with E-state index in [-0.39, 0.29) is 24.3 Å². The van der Waals surface area contributed by atoms with Gasteiger partial charge in [0.15, 0.2) is 6.61 Å². The maximum atomic E-state index is 12.6. The summed E-state index contributed by atoms with van der Waals surface area (Å²) in [6.45, 7) is 10.3. The van der Waals surface area contributed by atoms with E-state index in [0.717, 1.165) is 28.9 Å². The topological polar surface area (TPSA) is 87.3 Å². The standard InChI is InChI=1S/C21H25ClN4O3/c1-5-14(9-23-19(27)6-2)10-26-17-8-16(22)15(7-18(17)29-11-20(26)28)21-12(3)13(4)24-25-21/h6-8,14H,2,5,9-11H2,1,3-4H3,(H,23,27)(H,24,25). The summed E-state index contributed by atoms with van der Waals surface area (Å²) >= 11 is 6.57. The Labute approximate surface area is 175 Å². The lowest BCUT2D eigenvalue weighted by Gasteiger charge is -2.32. The van der Waals surface area contributed by atoms with Gasteiger partial charge in [0.05, 0.1) is 16.4 Å². The summed E-state index contributed by atoms with van der Waals surface area (Å²) in [7, 11) is 0. The molecule has 29 heavy (non-hydrogen) atoms. The van der Waals surface area contributed by atoms with Crippen molar-refractivity contribution in [1.82, 2.24) is 15.5 Å². The van der Waals surface area contributed by atoms with Crippen LogP contribution in [-0.2, 0) is 9.59 Å². The number of benzene rings is 1. The maximum Gasteiger partial charge on any atom is 0.265 e. The highest BCUT2D eigenvalue weighted by Crippen LogP contribution is 2.41. The predicted octanol–water partition coefficient (Wildman–Crippen LogP) is 3.40. The third-order valence-corrected chi connectivity index (χ3v) is 5.58. The molecule has 0 spiro atoms. The van der Waals surface area contributed by atoms with Crippen molar-refractivity contribution in [2.75, 3.05) is 24.6 Å². The Morgan fingerprint density at radius 1 is 1.48 bits per heavy atom. The Morgan fingerprint density at radius 3 is 2.86 bits per heavy atom. The minimum atomic E-state index is -0.227. The second-order valence-corrected chi connectivity index (χ2v) is 7.55. The monoisotopic (exact) mass is 416 g/mol. The number of aromatic nitrogens is 2. The Balaban J connectivity index is 1.90. The molecule has 1 aliphatic rings. The molecule has 1 unspecified atom stereocenters. The van der Waals surface area contributed by atoms with Crippen molar-refractivity contribution in [2.45, 2.75) is 27.2 Å². The number of carbonyl (C=O) groups excluding carboxylic acids is 2. The van der Waals surface area contributed by atoms with Crippen molar-refractivity contribution >= 4 is 29.1 Å². The molecular formula is C21H25ClN4O3. The zero-order chi connectivity index (χ0) is 21.1. The second kappa shape index (κ2) is 8.69. The molecule has 2 N–H and O–H groups in total. The summed E-state index contributed by atoms with van der Waals surface area (Å²) in [5, 5.41) is 10.6. The fraction of sp³-hybridized carbons (Fsp3) is 0.381. The molecule has 154 valence electrons. The molecule has 0 saturated carbocycles. The average Bonchev–Trinajstić information content (AvgIpc) is 3.04. The van der Waals surface area contributed by atoms with Gasteiger partial charge in [-0.3, -0.25) is 14.7 Å². The van der Waals surface area contributed by atoms with Crippen molar-refractivity contribution in [3.8, 4) is 17.0 Å². The number of ether oxygens (including phenoxy) is 1. The molecule has 1 aliphatic heterocycles. The number of nitrogens with zero attached hydrogens (tertiary/aromatic N) is 2. The van der Waals surface area contributed by atoms with Crippen molar-refractivity contribution in [3.05, 3.63) is 41.1 Å². The number of hydrogen-bond donors (Lipinski definition) is 2.